The average molecular weight is 1060 g/mol. The third kappa shape index (κ3) is 8.72. The Kier molecular flexibility index (Phi) is 14.0. The van der Waals surface area contributed by atoms with E-state index in [9.17, 15) is 4.39 Å². The maximum atomic E-state index is 18.1. The zero-order valence-corrected chi connectivity index (χ0v) is 45.8. The molecule has 70 heavy (non-hydrogen) atoms. The second kappa shape index (κ2) is 19.5. The normalized spacial score (nSPS) is 19.9. The van der Waals surface area contributed by atoms with Crippen LogP contribution in [0.15, 0.2) is 89.4 Å². The van der Waals surface area contributed by atoms with Crippen LogP contribution in [0.3, 0.4) is 0 Å². The Balaban J connectivity index is 1.16. The molecule has 9 nitrogen and oxygen atoms in total. The van der Waals surface area contributed by atoms with Crippen molar-refractivity contribution in [3.8, 4) is 28.9 Å². The molecule has 3 atom stereocenters. The van der Waals surface area contributed by atoms with Crippen molar-refractivity contribution in [2.24, 2.45) is 0 Å². The number of hydrogen-bond donors (Lipinski definition) is 0. The molecule has 2 saturated heterocycles. The predicted molar refractivity (Wildman–Crippen MR) is 284 cm³/mol. The van der Waals surface area contributed by atoms with E-state index >= 15 is 8.78 Å². The molecule has 3 aliphatic rings. The van der Waals surface area contributed by atoms with Crippen molar-refractivity contribution < 1.29 is 31.5 Å². The zero-order valence-electron chi connectivity index (χ0n) is 42.2. The quantitative estimate of drug-likeness (QED) is 0.0934. The molecular formula is C55H67BrF3N5O4Si2. The summed E-state index contributed by atoms with van der Waals surface area (Å²) in [7, 11) is -3.48. The summed E-state index contributed by atoms with van der Waals surface area (Å²) in [6.07, 6.45) is 1.65. The maximum Gasteiger partial charge on any atom is 0.319 e. The Hall–Kier alpha value is -4.55. The average Bonchev–Trinajstić information content (AvgIpc) is 3.82. The first kappa shape index (κ1) is 50.4. The monoisotopic (exact) mass is 1050 g/mol. The van der Waals surface area contributed by atoms with Gasteiger partial charge in [-0.3, -0.25) is 4.90 Å². The molecule has 15 heteroatoms. The van der Waals surface area contributed by atoms with Crippen molar-refractivity contribution in [1.29, 1.82) is 0 Å². The highest BCUT2D eigenvalue weighted by atomic mass is 79.9. The number of ether oxygens (including phenoxy) is 2. The van der Waals surface area contributed by atoms with Gasteiger partial charge >= 0.3 is 6.01 Å². The van der Waals surface area contributed by atoms with E-state index in [0.717, 1.165) is 19.4 Å². The highest BCUT2D eigenvalue weighted by Crippen LogP contribution is 2.48. The van der Waals surface area contributed by atoms with Crippen molar-refractivity contribution in [3.63, 3.8) is 0 Å². The molecule has 372 valence electrons. The molecule has 6 aromatic rings. The van der Waals surface area contributed by atoms with Gasteiger partial charge in [0.2, 0.25) is 5.88 Å². The Morgan fingerprint density at radius 1 is 0.871 bits per heavy atom. The number of anilines is 1. The van der Waals surface area contributed by atoms with Crippen LogP contribution in [-0.2, 0) is 4.43 Å². The number of hydrogen-bond acceptors (Lipinski definition) is 9. The third-order valence-corrected chi connectivity index (χ3v) is 27.5. The summed E-state index contributed by atoms with van der Waals surface area (Å²) < 4.78 is 76.7. The molecule has 0 aliphatic carbocycles. The van der Waals surface area contributed by atoms with Crippen molar-refractivity contribution in [2.45, 2.75) is 127 Å². The molecule has 0 bridgehead atoms. The largest absolute Gasteiger partial charge is 0.543 e. The molecular weight excluding hydrogens is 988 g/mol. The summed E-state index contributed by atoms with van der Waals surface area (Å²) in [4.78, 5) is 19.0. The van der Waals surface area contributed by atoms with Crippen LogP contribution in [0.2, 0.25) is 21.7 Å². The van der Waals surface area contributed by atoms with Crippen molar-refractivity contribution >= 4 is 70.4 Å². The van der Waals surface area contributed by atoms with E-state index in [1.165, 1.54) is 16.4 Å². The van der Waals surface area contributed by atoms with Crippen LogP contribution in [-0.4, -0.2) is 94.2 Å². The molecule has 2 fully saturated rings. The molecule has 0 saturated carbocycles. The lowest BCUT2D eigenvalue weighted by atomic mass is 9.95. The topological polar surface area (TPSA) is 82.1 Å². The smallest absolute Gasteiger partial charge is 0.319 e. The lowest BCUT2D eigenvalue weighted by molar-refractivity contribution is 0.107. The van der Waals surface area contributed by atoms with E-state index < -0.39 is 40.0 Å². The van der Waals surface area contributed by atoms with E-state index in [-0.39, 0.29) is 68.5 Å². The lowest BCUT2D eigenvalue weighted by Gasteiger charge is -2.43. The highest BCUT2D eigenvalue weighted by Gasteiger charge is 2.52. The van der Waals surface area contributed by atoms with Crippen molar-refractivity contribution in [3.05, 3.63) is 101 Å². The summed E-state index contributed by atoms with van der Waals surface area (Å²) in [5.41, 5.74) is 0.484. The van der Waals surface area contributed by atoms with E-state index in [4.69, 9.17) is 33.3 Å². The zero-order chi connectivity index (χ0) is 49.9. The van der Waals surface area contributed by atoms with Crippen molar-refractivity contribution in [2.75, 3.05) is 44.9 Å². The second-order valence-corrected chi connectivity index (χ2v) is 32.2. The molecule has 0 spiro atoms. The Labute approximate surface area is 421 Å². The minimum atomic E-state index is -2.89. The number of pyridine rings is 1. The molecule has 0 N–H and O–H groups in total. The summed E-state index contributed by atoms with van der Waals surface area (Å²) >= 11 is 3.53. The predicted octanol–water partition coefficient (Wildman–Crippen LogP) is 12.6. The van der Waals surface area contributed by atoms with Crippen LogP contribution in [0.4, 0.5) is 19.0 Å². The first-order valence-corrected chi connectivity index (χ1v) is 29.8. The SMILES string of the molecule is CC(C)[Si](Oc1cc(-c2nc3c4c(nc(OC[C@@]56CCCN5C[C@H](F)C6)nc4c2F)N(C)[C@@H](CCO[Si](c2ccccc2)(c2ccccc2)C(C)(C)C)CO3)c2c(Br)c(F)ccc2c1)(C(C)C)C(C)C. The van der Waals surface area contributed by atoms with Gasteiger partial charge in [0.05, 0.1) is 16.1 Å². The molecule has 4 aromatic carbocycles. The van der Waals surface area contributed by atoms with Gasteiger partial charge in [0.1, 0.15) is 53.4 Å². The number of alkyl halides is 1. The summed E-state index contributed by atoms with van der Waals surface area (Å²) in [6, 6.07) is 27.5. The Morgan fingerprint density at radius 3 is 2.16 bits per heavy atom. The first-order chi connectivity index (χ1) is 33.3. The second-order valence-electron chi connectivity index (χ2n) is 21.7. The number of nitrogens with zero attached hydrogens (tertiary/aromatic N) is 5. The Bertz CT molecular complexity index is 2810. The fourth-order valence-electron chi connectivity index (χ4n) is 12.4. The summed E-state index contributed by atoms with van der Waals surface area (Å²) in [6.45, 7) is 21.9. The molecule has 0 radical (unpaired) electrons. The first-order valence-electron chi connectivity index (χ1n) is 25.0. The van der Waals surface area contributed by atoms with Gasteiger partial charge in [-0.1, -0.05) is 129 Å². The molecule has 0 unspecified atom stereocenters. The molecule has 9 rings (SSSR count). The van der Waals surface area contributed by atoms with Gasteiger partial charge in [0, 0.05) is 37.6 Å². The van der Waals surface area contributed by atoms with Crippen LogP contribution in [0.25, 0.3) is 32.9 Å². The van der Waals surface area contributed by atoms with Gasteiger partial charge in [-0.15, -0.1) is 0 Å². The minimum Gasteiger partial charge on any atom is -0.543 e. The molecule has 3 aliphatic heterocycles. The minimum absolute atomic E-state index is 0.0279. The number of fused-ring (bicyclic) bond motifs is 2. The van der Waals surface area contributed by atoms with Crippen molar-refractivity contribution in [1.82, 2.24) is 19.9 Å². The standard InChI is InChI=1S/C55H67BrF3N5O4Si2/c1-34(2)69(35(3)4,36(5)6)68-40-28-37-22-23-44(58)47(56)45(37)43(29-40)49-48(59)50-46-51(62-53(61-50)66-33-55-25-17-26-64(55)31-38(57)30-55)63(10)39(32-65-52(46)60-49)24-27-67-70(54(7,8)9,41-18-13-11-14-19-41)42-20-15-12-16-21-42/h11-16,18-23,28-29,34-36,38-39H,17,24-27,30-33H2,1-10H3/t38-,39+,55+/m1/s1. The Morgan fingerprint density at radius 2 is 1.53 bits per heavy atom. The number of aromatic nitrogens is 3. The van der Waals surface area contributed by atoms with Gasteiger partial charge in [-0.05, 0) is 97.4 Å². The highest BCUT2D eigenvalue weighted by molar-refractivity contribution is 9.10. The fraction of sp³-hybridized carbons (Fsp3) is 0.473. The maximum absolute atomic E-state index is 18.1. The van der Waals surface area contributed by atoms with Crippen LogP contribution >= 0.6 is 15.9 Å². The van der Waals surface area contributed by atoms with Crippen LogP contribution in [0, 0.1) is 11.6 Å². The third-order valence-electron chi connectivity index (χ3n) is 15.7. The lowest BCUT2D eigenvalue weighted by Crippen LogP contribution is -2.66. The number of likely N-dealkylation sites (N-methyl/N-ethyl adjacent to an activating group) is 1. The van der Waals surface area contributed by atoms with E-state index in [2.05, 4.69) is 132 Å². The summed E-state index contributed by atoms with van der Waals surface area (Å²) in [5.74, 6) is -0.131. The van der Waals surface area contributed by atoms with Gasteiger partial charge in [-0.25, -0.2) is 18.2 Å². The van der Waals surface area contributed by atoms with Crippen LogP contribution in [0.1, 0.15) is 88.0 Å². The van der Waals surface area contributed by atoms with Crippen LogP contribution < -0.4 is 29.2 Å². The molecule has 0 amide bonds. The van der Waals surface area contributed by atoms with Gasteiger partial charge < -0.3 is 23.2 Å². The van der Waals surface area contributed by atoms with Gasteiger partial charge in [0.15, 0.2) is 5.82 Å². The number of rotatable bonds is 15. The van der Waals surface area contributed by atoms with Gasteiger partial charge in [0.25, 0.3) is 16.6 Å². The number of benzene rings is 4. The molecule has 2 aromatic heterocycles. The fourth-order valence-corrected chi connectivity index (χ4v) is 22.8. The van der Waals surface area contributed by atoms with E-state index in [1.807, 2.05) is 30.1 Å². The molecule has 5 heterocycles. The number of halogens is 4. The summed E-state index contributed by atoms with van der Waals surface area (Å²) in [5, 5.41) is 3.52. The van der Waals surface area contributed by atoms with E-state index in [1.54, 1.807) is 12.1 Å². The van der Waals surface area contributed by atoms with Gasteiger partial charge in [-0.2, -0.15) is 9.97 Å². The van der Waals surface area contributed by atoms with E-state index in [0.29, 0.717) is 59.3 Å². The van der Waals surface area contributed by atoms with Crippen LogP contribution in [0.5, 0.6) is 17.6 Å².